The molecule has 1 aromatic heterocycles. The number of para-hydroxylation sites is 1. The summed E-state index contributed by atoms with van der Waals surface area (Å²) in [5.74, 6) is 2.05. The van der Waals surface area contributed by atoms with Crippen LogP contribution >= 0.6 is 11.6 Å². The maximum atomic E-state index is 9.57. The summed E-state index contributed by atoms with van der Waals surface area (Å²) in [7, 11) is 0. The van der Waals surface area contributed by atoms with Crippen molar-refractivity contribution in [3.05, 3.63) is 40.5 Å². The van der Waals surface area contributed by atoms with Gasteiger partial charge in [0, 0.05) is 12.0 Å². The average molecular weight is 361 g/mol. The van der Waals surface area contributed by atoms with Gasteiger partial charge in [0.2, 0.25) is 5.95 Å². The Morgan fingerprint density at radius 2 is 2.04 bits per heavy atom. The topological polar surface area (TPSA) is 70.1 Å². The highest BCUT2D eigenvalue weighted by Crippen LogP contribution is 2.40. The average Bonchev–Trinajstić information content (AvgIpc) is 3.41. The summed E-state index contributed by atoms with van der Waals surface area (Å²) in [5, 5.41) is 16.8. The number of hydrogen-bond acceptors (Lipinski definition) is 5. The minimum Gasteiger partial charge on any atom is -0.394 e. The molecule has 134 valence electrons. The van der Waals surface area contributed by atoms with E-state index in [9.17, 15) is 5.11 Å². The number of nitrogens with one attached hydrogen (secondary N) is 2. The first-order valence-electron chi connectivity index (χ1n) is 8.76. The van der Waals surface area contributed by atoms with Crippen LogP contribution in [0.1, 0.15) is 43.9 Å². The lowest BCUT2D eigenvalue weighted by Crippen LogP contribution is -2.30. The van der Waals surface area contributed by atoms with E-state index in [4.69, 9.17) is 11.6 Å². The fraction of sp³-hybridized carbons (Fsp3) is 0.474. The van der Waals surface area contributed by atoms with Crippen molar-refractivity contribution in [2.75, 3.05) is 17.2 Å². The zero-order valence-electron chi connectivity index (χ0n) is 14.9. The van der Waals surface area contributed by atoms with E-state index in [0.29, 0.717) is 16.9 Å². The maximum absolute atomic E-state index is 9.57. The van der Waals surface area contributed by atoms with Crippen LogP contribution in [0.3, 0.4) is 0 Å². The number of halogens is 1. The summed E-state index contributed by atoms with van der Waals surface area (Å²) >= 11 is 6.33. The van der Waals surface area contributed by atoms with Crippen LogP contribution < -0.4 is 10.6 Å². The van der Waals surface area contributed by atoms with E-state index in [2.05, 4.69) is 34.4 Å². The van der Waals surface area contributed by atoms with Crippen molar-refractivity contribution in [3.63, 3.8) is 0 Å². The lowest BCUT2D eigenvalue weighted by molar-refractivity contribution is 0.248. The monoisotopic (exact) mass is 360 g/mol. The second-order valence-corrected chi connectivity index (χ2v) is 7.42. The highest BCUT2D eigenvalue weighted by Gasteiger charge is 2.27. The second kappa shape index (κ2) is 7.58. The third kappa shape index (κ3) is 4.41. The van der Waals surface area contributed by atoms with Crippen LogP contribution in [0.5, 0.6) is 0 Å². The molecule has 6 heteroatoms. The summed E-state index contributed by atoms with van der Waals surface area (Å²) in [6.07, 6.45) is 2.32. The van der Waals surface area contributed by atoms with Gasteiger partial charge in [-0.25, -0.2) is 4.98 Å². The Balaban J connectivity index is 1.90. The number of aromatic nitrogens is 2. The molecule has 0 saturated heterocycles. The molecule has 1 aliphatic rings. The lowest BCUT2D eigenvalue weighted by atomic mass is 10.1. The predicted molar refractivity (Wildman–Crippen MR) is 103 cm³/mol. The Hall–Kier alpha value is -1.85. The van der Waals surface area contributed by atoms with E-state index in [1.807, 2.05) is 31.2 Å². The predicted octanol–water partition coefficient (Wildman–Crippen LogP) is 4.49. The van der Waals surface area contributed by atoms with Gasteiger partial charge >= 0.3 is 0 Å². The normalized spacial score (nSPS) is 15.3. The van der Waals surface area contributed by atoms with Gasteiger partial charge in [0.15, 0.2) is 0 Å². The first-order chi connectivity index (χ1) is 12.0. The Morgan fingerprint density at radius 3 is 2.64 bits per heavy atom. The van der Waals surface area contributed by atoms with E-state index in [0.717, 1.165) is 35.6 Å². The molecule has 3 rings (SSSR count). The molecule has 0 radical (unpaired) electrons. The van der Waals surface area contributed by atoms with Crippen molar-refractivity contribution >= 4 is 29.1 Å². The van der Waals surface area contributed by atoms with Crippen LogP contribution in [0.25, 0.3) is 0 Å². The number of anilines is 3. The molecular weight excluding hydrogens is 336 g/mol. The van der Waals surface area contributed by atoms with Crippen molar-refractivity contribution in [3.8, 4) is 0 Å². The molecule has 1 atom stereocenters. The van der Waals surface area contributed by atoms with Crippen LogP contribution in [-0.2, 0) is 0 Å². The molecule has 0 unspecified atom stereocenters. The van der Waals surface area contributed by atoms with Gasteiger partial charge in [-0.3, -0.25) is 0 Å². The number of hydrogen-bond donors (Lipinski definition) is 3. The van der Waals surface area contributed by atoms with Crippen molar-refractivity contribution in [1.82, 2.24) is 9.97 Å². The number of aliphatic hydroxyl groups excluding tert-OH is 1. The molecule has 2 aromatic rings. The smallest absolute Gasteiger partial charge is 0.225 e. The highest BCUT2D eigenvalue weighted by molar-refractivity contribution is 6.33. The van der Waals surface area contributed by atoms with Crippen LogP contribution in [0, 0.1) is 12.8 Å². The summed E-state index contributed by atoms with van der Waals surface area (Å²) in [6, 6.07) is 7.72. The lowest BCUT2D eigenvalue weighted by Gasteiger charge is -2.21. The van der Waals surface area contributed by atoms with E-state index >= 15 is 0 Å². The molecular formula is C19H25ClN4O. The third-order valence-corrected chi connectivity index (χ3v) is 4.85. The van der Waals surface area contributed by atoms with Crippen LogP contribution in [0.4, 0.5) is 17.5 Å². The second-order valence-electron chi connectivity index (χ2n) is 7.01. The van der Waals surface area contributed by atoms with E-state index in [1.165, 1.54) is 0 Å². The molecule has 1 heterocycles. The number of benzene rings is 1. The molecule has 1 saturated carbocycles. The largest absolute Gasteiger partial charge is 0.394 e. The first-order valence-corrected chi connectivity index (χ1v) is 9.14. The maximum Gasteiger partial charge on any atom is 0.225 e. The Bertz CT molecular complexity index is 726. The van der Waals surface area contributed by atoms with Crippen LogP contribution in [0.2, 0.25) is 5.02 Å². The number of nitrogens with zero attached hydrogens (tertiary/aromatic N) is 2. The highest BCUT2D eigenvalue weighted by atomic mass is 35.5. The molecule has 3 N–H and O–H groups in total. The zero-order valence-corrected chi connectivity index (χ0v) is 15.6. The standard InChI is InChI=1S/C19H25ClN4O/c1-11(2)16(10-25)22-19-21-15(13-7-8-13)9-17(24-19)23-18-12(3)5-4-6-14(18)20/h4-6,9,11,13,16,25H,7-8,10H2,1-3H3,(H2,21,22,23,24)/t16-/m0/s1. The quantitative estimate of drug-likeness (QED) is 0.678. The molecule has 1 fully saturated rings. The number of aryl methyl sites for hydroxylation is 1. The molecule has 5 nitrogen and oxygen atoms in total. The van der Waals surface area contributed by atoms with Crippen molar-refractivity contribution in [2.24, 2.45) is 5.92 Å². The van der Waals surface area contributed by atoms with E-state index < -0.39 is 0 Å². The third-order valence-electron chi connectivity index (χ3n) is 4.53. The van der Waals surface area contributed by atoms with Crippen molar-refractivity contribution in [2.45, 2.75) is 45.6 Å². The van der Waals surface area contributed by atoms with E-state index in [-0.39, 0.29) is 18.6 Å². The fourth-order valence-corrected chi connectivity index (χ4v) is 2.96. The van der Waals surface area contributed by atoms with Gasteiger partial charge < -0.3 is 15.7 Å². The van der Waals surface area contributed by atoms with Gasteiger partial charge in [-0.05, 0) is 37.3 Å². The van der Waals surface area contributed by atoms with Crippen LogP contribution in [0.15, 0.2) is 24.3 Å². The Morgan fingerprint density at radius 1 is 1.28 bits per heavy atom. The molecule has 0 bridgehead atoms. The number of rotatable bonds is 7. The van der Waals surface area contributed by atoms with E-state index in [1.54, 1.807) is 0 Å². The molecule has 0 spiro atoms. The van der Waals surface area contributed by atoms with Crippen LogP contribution in [-0.4, -0.2) is 27.7 Å². The summed E-state index contributed by atoms with van der Waals surface area (Å²) < 4.78 is 0. The van der Waals surface area contributed by atoms with Crippen molar-refractivity contribution in [1.29, 1.82) is 0 Å². The number of aliphatic hydroxyl groups is 1. The van der Waals surface area contributed by atoms with Gasteiger partial charge in [0.1, 0.15) is 5.82 Å². The molecule has 1 aliphatic carbocycles. The van der Waals surface area contributed by atoms with Gasteiger partial charge in [-0.2, -0.15) is 4.98 Å². The molecule has 1 aromatic carbocycles. The minimum atomic E-state index is -0.0793. The van der Waals surface area contributed by atoms with Gasteiger partial charge in [-0.15, -0.1) is 0 Å². The molecule has 0 aliphatic heterocycles. The zero-order chi connectivity index (χ0) is 18.0. The van der Waals surface area contributed by atoms with Gasteiger partial charge in [0.05, 0.1) is 29.1 Å². The Kier molecular flexibility index (Phi) is 5.45. The van der Waals surface area contributed by atoms with Crippen molar-refractivity contribution < 1.29 is 5.11 Å². The molecule has 0 amide bonds. The molecule has 25 heavy (non-hydrogen) atoms. The summed E-state index contributed by atoms with van der Waals surface area (Å²) in [4.78, 5) is 9.23. The summed E-state index contributed by atoms with van der Waals surface area (Å²) in [5.41, 5.74) is 2.95. The fourth-order valence-electron chi connectivity index (χ4n) is 2.69. The first kappa shape index (κ1) is 18.0. The minimum absolute atomic E-state index is 0.0427. The summed E-state index contributed by atoms with van der Waals surface area (Å²) in [6.45, 7) is 6.17. The Labute approximate surface area is 153 Å². The SMILES string of the molecule is Cc1cccc(Cl)c1Nc1cc(C2CC2)nc(N[C@@H](CO)C(C)C)n1. The van der Waals surface area contributed by atoms with Gasteiger partial charge in [0.25, 0.3) is 0 Å². The van der Waals surface area contributed by atoms with Gasteiger partial charge in [-0.1, -0.05) is 37.6 Å².